The van der Waals surface area contributed by atoms with E-state index in [9.17, 15) is 4.79 Å². The number of carbonyl (C=O) groups excluding carboxylic acids is 1. The van der Waals surface area contributed by atoms with Gasteiger partial charge in [-0.05, 0) is 30.3 Å². The van der Waals surface area contributed by atoms with Crippen LogP contribution in [0.3, 0.4) is 0 Å². The van der Waals surface area contributed by atoms with Crippen molar-refractivity contribution in [2.45, 2.75) is 0 Å². The number of fused-ring (bicyclic) bond motifs is 1. The summed E-state index contributed by atoms with van der Waals surface area (Å²) in [7, 11) is 1.61. The van der Waals surface area contributed by atoms with E-state index in [1.165, 1.54) is 0 Å². The average molecular weight is 420 g/mol. The van der Waals surface area contributed by atoms with Crippen molar-refractivity contribution >= 4 is 22.5 Å². The number of para-hydroxylation sites is 1. The largest absolute Gasteiger partial charge is 0.497 e. The first-order chi connectivity index (χ1) is 15.7. The number of benzene rings is 3. The Labute approximate surface area is 185 Å². The van der Waals surface area contributed by atoms with Crippen LogP contribution in [0.5, 0.6) is 5.75 Å². The zero-order chi connectivity index (χ0) is 21.9. The highest BCUT2D eigenvalue weighted by Crippen LogP contribution is 2.31. The van der Waals surface area contributed by atoms with E-state index in [4.69, 9.17) is 14.1 Å². The van der Waals surface area contributed by atoms with Crippen LogP contribution < -0.4 is 10.1 Å². The van der Waals surface area contributed by atoms with Gasteiger partial charge in [0.05, 0.1) is 36.4 Å². The molecule has 2 aromatic heterocycles. The van der Waals surface area contributed by atoms with Crippen LogP contribution in [0, 0.1) is 0 Å². The summed E-state index contributed by atoms with van der Waals surface area (Å²) in [5, 5.41) is 3.83. The van der Waals surface area contributed by atoms with Gasteiger partial charge < -0.3 is 14.5 Å². The summed E-state index contributed by atoms with van der Waals surface area (Å²) in [6, 6.07) is 26.7. The standard InChI is InChI=1S/C27H20N2O3/c1-31-20-11-12-22-23(16-25(28-26(22)15-20)18-7-3-2-4-8-18)27(30)29-24-10-6-5-9-21(24)19-13-14-32-17-19/h2-17H,1H3,(H,29,30). The summed E-state index contributed by atoms with van der Waals surface area (Å²) in [6.07, 6.45) is 3.27. The van der Waals surface area contributed by atoms with Crippen LogP contribution in [-0.2, 0) is 0 Å². The monoisotopic (exact) mass is 420 g/mol. The molecule has 5 heteroatoms. The lowest BCUT2D eigenvalue weighted by Crippen LogP contribution is -2.14. The number of methoxy groups -OCH3 is 1. The first kappa shape index (κ1) is 19.6. The smallest absolute Gasteiger partial charge is 0.256 e. The quantitative estimate of drug-likeness (QED) is 0.356. The number of carbonyl (C=O) groups is 1. The van der Waals surface area contributed by atoms with E-state index >= 15 is 0 Å². The number of aromatic nitrogens is 1. The van der Waals surface area contributed by atoms with E-state index in [-0.39, 0.29) is 5.91 Å². The molecule has 0 aliphatic rings. The van der Waals surface area contributed by atoms with Gasteiger partial charge in [-0.25, -0.2) is 4.98 Å². The average Bonchev–Trinajstić information content (AvgIpc) is 3.38. The maximum atomic E-state index is 13.5. The van der Waals surface area contributed by atoms with Crippen molar-refractivity contribution in [1.29, 1.82) is 0 Å². The molecule has 5 aromatic rings. The second kappa shape index (κ2) is 8.40. The first-order valence-electron chi connectivity index (χ1n) is 10.2. The zero-order valence-electron chi connectivity index (χ0n) is 17.4. The van der Waals surface area contributed by atoms with Gasteiger partial charge in [-0.1, -0.05) is 48.5 Å². The van der Waals surface area contributed by atoms with Gasteiger partial charge in [0.25, 0.3) is 5.91 Å². The normalized spacial score (nSPS) is 10.8. The Bertz CT molecular complexity index is 1390. The van der Waals surface area contributed by atoms with Crippen LogP contribution in [0.1, 0.15) is 10.4 Å². The molecule has 5 rings (SSSR count). The van der Waals surface area contributed by atoms with Gasteiger partial charge in [-0.15, -0.1) is 0 Å². The van der Waals surface area contributed by atoms with E-state index in [0.717, 1.165) is 27.8 Å². The van der Waals surface area contributed by atoms with Crippen LogP contribution in [-0.4, -0.2) is 18.0 Å². The Morgan fingerprint density at radius 1 is 0.906 bits per heavy atom. The van der Waals surface area contributed by atoms with Gasteiger partial charge in [-0.2, -0.15) is 0 Å². The molecule has 0 saturated heterocycles. The summed E-state index contributed by atoms with van der Waals surface area (Å²) >= 11 is 0. The van der Waals surface area contributed by atoms with E-state index in [2.05, 4.69) is 5.32 Å². The number of nitrogens with one attached hydrogen (secondary N) is 1. The summed E-state index contributed by atoms with van der Waals surface area (Å²) in [6.45, 7) is 0. The summed E-state index contributed by atoms with van der Waals surface area (Å²) in [5.41, 5.74) is 5.38. The van der Waals surface area contributed by atoms with Crippen LogP contribution in [0.25, 0.3) is 33.3 Å². The molecule has 0 aliphatic heterocycles. The third kappa shape index (κ3) is 3.72. The highest BCUT2D eigenvalue weighted by molar-refractivity contribution is 6.14. The number of furan rings is 1. The zero-order valence-corrected chi connectivity index (χ0v) is 17.4. The van der Waals surface area contributed by atoms with Crippen molar-refractivity contribution in [2.75, 3.05) is 12.4 Å². The van der Waals surface area contributed by atoms with Gasteiger partial charge in [0.2, 0.25) is 0 Å². The molecule has 0 bridgehead atoms. The third-order valence-electron chi connectivity index (χ3n) is 5.34. The molecule has 32 heavy (non-hydrogen) atoms. The van der Waals surface area contributed by atoms with Crippen LogP contribution in [0.15, 0.2) is 102 Å². The van der Waals surface area contributed by atoms with Gasteiger partial charge in [0.1, 0.15) is 5.75 Å². The molecule has 2 heterocycles. The SMILES string of the molecule is COc1ccc2c(C(=O)Nc3ccccc3-c3ccoc3)cc(-c3ccccc3)nc2c1. The fourth-order valence-corrected chi connectivity index (χ4v) is 3.73. The number of anilines is 1. The number of ether oxygens (including phenoxy) is 1. The van der Waals surface area contributed by atoms with Crippen LogP contribution in [0.2, 0.25) is 0 Å². The Balaban J connectivity index is 1.61. The highest BCUT2D eigenvalue weighted by atomic mass is 16.5. The molecular formula is C27H20N2O3. The molecular weight excluding hydrogens is 400 g/mol. The van der Waals surface area contributed by atoms with Gasteiger partial charge >= 0.3 is 0 Å². The molecule has 0 aliphatic carbocycles. The Morgan fingerprint density at radius 2 is 1.72 bits per heavy atom. The fraction of sp³-hybridized carbons (Fsp3) is 0.0370. The number of nitrogens with zero attached hydrogens (tertiary/aromatic N) is 1. The van der Waals surface area contributed by atoms with Gasteiger partial charge in [-0.3, -0.25) is 4.79 Å². The van der Waals surface area contributed by atoms with Crippen molar-refractivity contribution in [2.24, 2.45) is 0 Å². The van der Waals surface area contributed by atoms with E-state index < -0.39 is 0 Å². The molecule has 0 unspecified atom stereocenters. The Morgan fingerprint density at radius 3 is 2.50 bits per heavy atom. The number of hydrogen-bond acceptors (Lipinski definition) is 4. The molecule has 1 N–H and O–H groups in total. The maximum Gasteiger partial charge on any atom is 0.256 e. The summed E-state index contributed by atoms with van der Waals surface area (Å²) < 4.78 is 10.6. The van der Waals surface area contributed by atoms with E-state index in [1.54, 1.807) is 19.6 Å². The number of amides is 1. The maximum absolute atomic E-state index is 13.5. The second-order valence-corrected chi connectivity index (χ2v) is 7.32. The minimum atomic E-state index is -0.212. The number of rotatable bonds is 5. The molecule has 156 valence electrons. The molecule has 0 saturated carbocycles. The molecule has 0 spiro atoms. The van der Waals surface area contributed by atoms with Crippen LogP contribution >= 0.6 is 0 Å². The number of pyridine rings is 1. The van der Waals surface area contributed by atoms with Gasteiger partial charge in [0, 0.05) is 33.8 Å². The second-order valence-electron chi connectivity index (χ2n) is 7.32. The summed E-state index contributed by atoms with van der Waals surface area (Å²) in [5.74, 6) is 0.475. The lowest BCUT2D eigenvalue weighted by molar-refractivity contribution is 0.102. The van der Waals surface area contributed by atoms with E-state index in [0.29, 0.717) is 22.5 Å². The molecule has 5 nitrogen and oxygen atoms in total. The van der Waals surface area contributed by atoms with Crippen molar-refractivity contribution in [3.05, 3.63) is 103 Å². The van der Waals surface area contributed by atoms with Crippen molar-refractivity contribution in [3.8, 4) is 28.1 Å². The highest BCUT2D eigenvalue weighted by Gasteiger charge is 2.17. The summed E-state index contributed by atoms with van der Waals surface area (Å²) in [4.78, 5) is 18.3. The molecule has 1 amide bonds. The van der Waals surface area contributed by atoms with Crippen molar-refractivity contribution in [3.63, 3.8) is 0 Å². The van der Waals surface area contributed by atoms with Crippen molar-refractivity contribution in [1.82, 2.24) is 4.98 Å². The molecule has 0 fully saturated rings. The van der Waals surface area contributed by atoms with E-state index in [1.807, 2.05) is 84.9 Å². The molecule has 3 aromatic carbocycles. The van der Waals surface area contributed by atoms with Crippen LogP contribution in [0.4, 0.5) is 5.69 Å². The van der Waals surface area contributed by atoms with Gasteiger partial charge in [0.15, 0.2) is 0 Å². The first-order valence-corrected chi connectivity index (χ1v) is 10.2. The molecule has 0 atom stereocenters. The lowest BCUT2D eigenvalue weighted by Gasteiger charge is -2.13. The third-order valence-corrected chi connectivity index (χ3v) is 5.34. The predicted molar refractivity (Wildman–Crippen MR) is 126 cm³/mol. The Hall–Kier alpha value is -4.38. The lowest BCUT2D eigenvalue weighted by atomic mass is 10.0. The minimum Gasteiger partial charge on any atom is -0.497 e. The topological polar surface area (TPSA) is 64.4 Å². The fourth-order valence-electron chi connectivity index (χ4n) is 3.73. The predicted octanol–water partition coefficient (Wildman–Crippen LogP) is 6.42. The molecule has 0 radical (unpaired) electrons. The Kier molecular flexibility index (Phi) is 5.14. The minimum absolute atomic E-state index is 0.212. The van der Waals surface area contributed by atoms with Crippen molar-refractivity contribution < 1.29 is 13.9 Å². The number of hydrogen-bond donors (Lipinski definition) is 1.